The van der Waals surface area contributed by atoms with Crippen LogP contribution >= 0.6 is 0 Å². The molecule has 0 aromatic heterocycles. The second-order valence-electron chi connectivity index (χ2n) is 5.19. The lowest BCUT2D eigenvalue weighted by atomic mass is 9.90. The van der Waals surface area contributed by atoms with Crippen molar-refractivity contribution >= 4 is 11.6 Å². The van der Waals surface area contributed by atoms with Gasteiger partial charge in [0, 0.05) is 18.8 Å². The maximum absolute atomic E-state index is 12.3. The van der Waals surface area contributed by atoms with Crippen molar-refractivity contribution in [3.63, 3.8) is 0 Å². The molecule has 0 radical (unpaired) electrons. The number of nitrogens with two attached hydrogens (primary N) is 1. The molecule has 0 atom stereocenters. The number of rotatable bonds is 5. The lowest BCUT2D eigenvalue weighted by molar-refractivity contribution is 0.0125. The first-order chi connectivity index (χ1) is 10.1. The van der Waals surface area contributed by atoms with Gasteiger partial charge < -0.3 is 25.6 Å². The van der Waals surface area contributed by atoms with Gasteiger partial charge in [-0.25, -0.2) is 0 Å². The predicted octanol–water partition coefficient (Wildman–Crippen LogP) is 0.939. The first-order valence-electron chi connectivity index (χ1n) is 7.13. The fourth-order valence-electron chi connectivity index (χ4n) is 2.37. The van der Waals surface area contributed by atoms with Gasteiger partial charge in [-0.05, 0) is 38.0 Å². The molecule has 0 spiro atoms. The molecule has 1 saturated heterocycles. The van der Waals surface area contributed by atoms with E-state index >= 15 is 0 Å². The average Bonchev–Trinajstić information content (AvgIpc) is 2.50. The highest BCUT2D eigenvalue weighted by Gasteiger charge is 2.33. The molecule has 116 valence electrons. The third-order valence-corrected chi connectivity index (χ3v) is 3.70. The largest absolute Gasteiger partial charge is 0.492 e. The van der Waals surface area contributed by atoms with Gasteiger partial charge in [0.1, 0.15) is 5.75 Å². The van der Waals surface area contributed by atoms with Gasteiger partial charge in [0.05, 0.1) is 24.4 Å². The Bertz CT molecular complexity index is 498. The molecule has 0 aliphatic carbocycles. The highest BCUT2D eigenvalue weighted by atomic mass is 16.5. The molecule has 1 fully saturated rings. The normalized spacial score (nSPS) is 17.2. The summed E-state index contributed by atoms with van der Waals surface area (Å²) in [6, 6.07) is 4.94. The summed E-state index contributed by atoms with van der Waals surface area (Å²) in [4.78, 5) is 12.3. The van der Waals surface area contributed by atoms with Crippen LogP contribution in [-0.4, -0.2) is 43.0 Å². The Kier molecular flexibility index (Phi) is 5.03. The molecule has 1 aliphatic rings. The number of benzene rings is 1. The minimum atomic E-state index is -0.608. The summed E-state index contributed by atoms with van der Waals surface area (Å²) in [5.74, 6) is 0.317. The summed E-state index contributed by atoms with van der Waals surface area (Å²) in [5.41, 5.74) is 6.14. The fourth-order valence-corrected chi connectivity index (χ4v) is 2.37. The second kappa shape index (κ2) is 6.78. The van der Waals surface area contributed by atoms with Gasteiger partial charge in [-0.15, -0.1) is 0 Å². The Hall–Kier alpha value is -1.79. The number of nitrogens with one attached hydrogen (secondary N) is 1. The van der Waals surface area contributed by atoms with Crippen molar-refractivity contribution in [2.45, 2.75) is 25.3 Å². The minimum Gasteiger partial charge on any atom is -0.492 e. The van der Waals surface area contributed by atoms with Crippen molar-refractivity contribution in [1.82, 2.24) is 5.32 Å². The van der Waals surface area contributed by atoms with Crippen LogP contribution in [0.4, 0.5) is 5.69 Å². The molecule has 0 bridgehead atoms. The summed E-state index contributed by atoms with van der Waals surface area (Å²) in [6.45, 7) is 3.35. The summed E-state index contributed by atoms with van der Waals surface area (Å²) < 4.78 is 10.6. The molecule has 1 heterocycles. The van der Waals surface area contributed by atoms with E-state index in [0.717, 1.165) is 0 Å². The maximum atomic E-state index is 12.3. The van der Waals surface area contributed by atoms with E-state index in [-0.39, 0.29) is 12.5 Å². The van der Waals surface area contributed by atoms with E-state index in [1.54, 1.807) is 18.2 Å². The molecule has 1 aromatic carbocycles. The zero-order chi connectivity index (χ0) is 15.3. The van der Waals surface area contributed by atoms with Crippen molar-refractivity contribution in [3.8, 4) is 5.75 Å². The number of ether oxygens (including phenoxy) is 2. The molecular weight excluding hydrogens is 272 g/mol. The molecule has 1 aromatic rings. The molecule has 0 saturated carbocycles. The van der Waals surface area contributed by atoms with Crippen molar-refractivity contribution < 1.29 is 19.4 Å². The molecule has 4 N–H and O–H groups in total. The number of hydrogen-bond donors (Lipinski definition) is 3. The minimum absolute atomic E-state index is 0.103. The fraction of sp³-hybridized carbons (Fsp3) is 0.533. The molecule has 6 heteroatoms. The Morgan fingerprint density at radius 2 is 2.19 bits per heavy atom. The smallest absolute Gasteiger partial charge is 0.251 e. The molecule has 0 unspecified atom stereocenters. The number of amides is 1. The standard InChI is InChI=1S/C15H22N2O4/c1-2-21-13-4-3-11(9-12(13)16)14(19)17-15(10-18)5-7-20-8-6-15/h3-4,9,18H,2,5-8,10,16H2,1H3,(H,17,19). The summed E-state index contributed by atoms with van der Waals surface area (Å²) in [7, 11) is 0. The number of anilines is 1. The zero-order valence-corrected chi connectivity index (χ0v) is 12.2. The number of carbonyl (C=O) groups is 1. The lowest BCUT2D eigenvalue weighted by Crippen LogP contribution is -2.54. The van der Waals surface area contributed by atoms with Gasteiger partial charge >= 0.3 is 0 Å². The molecule has 1 aliphatic heterocycles. The number of hydrogen-bond acceptors (Lipinski definition) is 5. The second-order valence-corrected chi connectivity index (χ2v) is 5.19. The predicted molar refractivity (Wildman–Crippen MR) is 79.4 cm³/mol. The van der Waals surface area contributed by atoms with Gasteiger partial charge in [0.25, 0.3) is 5.91 Å². The molecular formula is C15H22N2O4. The number of aliphatic hydroxyl groups excluding tert-OH is 1. The van der Waals surface area contributed by atoms with Crippen LogP contribution in [0.5, 0.6) is 5.75 Å². The van der Waals surface area contributed by atoms with Gasteiger partial charge in [0.15, 0.2) is 0 Å². The highest BCUT2D eigenvalue weighted by molar-refractivity contribution is 5.96. The van der Waals surface area contributed by atoms with E-state index in [2.05, 4.69) is 5.32 Å². The van der Waals surface area contributed by atoms with Crippen LogP contribution in [0.15, 0.2) is 18.2 Å². The average molecular weight is 294 g/mol. The Balaban J connectivity index is 2.10. The first-order valence-corrected chi connectivity index (χ1v) is 7.13. The maximum Gasteiger partial charge on any atom is 0.251 e. The quantitative estimate of drug-likeness (QED) is 0.703. The first kappa shape index (κ1) is 15.6. The van der Waals surface area contributed by atoms with Crippen LogP contribution in [0.1, 0.15) is 30.1 Å². The van der Waals surface area contributed by atoms with Crippen molar-refractivity contribution in [3.05, 3.63) is 23.8 Å². The molecule has 2 rings (SSSR count). The highest BCUT2D eigenvalue weighted by Crippen LogP contribution is 2.24. The summed E-state index contributed by atoms with van der Waals surface area (Å²) in [5, 5.41) is 12.5. The number of carbonyl (C=O) groups excluding carboxylic acids is 1. The summed E-state index contributed by atoms with van der Waals surface area (Å²) in [6.07, 6.45) is 1.20. The van der Waals surface area contributed by atoms with Gasteiger partial charge in [-0.2, -0.15) is 0 Å². The molecule has 1 amide bonds. The van der Waals surface area contributed by atoms with Crippen LogP contribution in [0, 0.1) is 0 Å². The monoisotopic (exact) mass is 294 g/mol. The van der Waals surface area contributed by atoms with Crippen LogP contribution < -0.4 is 15.8 Å². The van der Waals surface area contributed by atoms with Crippen LogP contribution in [0.2, 0.25) is 0 Å². The third kappa shape index (κ3) is 3.65. The molecule has 6 nitrogen and oxygen atoms in total. The topological polar surface area (TPSA) is 93.8 Å². The van der Waals surface area contributed by atoms with E-state index in [1.165, 1.54) is 0 Å². The van der Waals surface area contributed by atoms with Crippen LogP contribution in [0.25, 0.3) is 0 Å². The molecule has 21 heavy (non-hydrogen) atoms. The van der Waals surface area contributed by atoms with E-state index in [4.69, 9.17) is 15.2 Å². The van der Waals surface area contributed by atoms with Crippen LogP contribution in [0.3, 0.4) is 0 Å². The van der Waals surface area contributed by atoms with E-state index in [9.17, 15) is 9.90 Å². The third-order valence-electron chi connectivity index (χ3n) is 3.70. The van der Waals surface area contributed by atoms with Crippen molar-refractivity contribution in [2.24, 2.45) is 0 Å². The zero-order valence-electron chi connectivity index (χ0n) is 12.2. The van der Waals surface area contributed by atoms with E-state index in [1.807, 2.05) is 6.92 Å². The Morgan fingerprint density at radius 1 is 1.48 bits per heavy atom. The Morgan fingerprint density at radius 3 is 2.76 bits per heavy atom. The lowest BCUT2D eigenvalue weighted by Gasteiger charge is -2.36. The van der Waals surface area contributed by atoms with Gasteiger partial charge in [-0.3, -0.25) is 4.79 Å². The Labute approximate surface area is 124 Å². The number of aliphatic hydroxyl groups is 1. The van der Waals surface area contributed by atoms with Crippen molar-refractivity contribution in [1.29, 1.82) is 0 Å². The van der Waals surface area contributed by atoms with E-state index < -0.39 is 5.54 Å². The van der Waals surface area contributed by atoms with Crippen LogP contribution in [-0.2, 0) is 4.74 Å². The summed E-state index contributed by atoms with van der Waals surface area (Å²) >= 11 is 0. The van der Waals surface area contributed by atoms with Gasteiger partial charge in [0.2, 0.25) is 0 Å². The SMILES string of the molecule is CCOc1ccc(C(=O)NC2(CO)CCOCC2)cc1N. The van der Waals surface area contributed by atoms with Gasteiger partial charge in [-0.1, -0.05) is 0 Å². The van der Waals surface area contributed by atoms with Crippen molar-refractivity contribution in [2.75, 3.05) is 32.2 Å². The van der Waals surface area contributed by atoms with E-state index in [0.29, 0.717) is 49.7 Å². The number of nitrogen functional groups attached to an aromatic ring is 1.